The van der Waals surface area contributed by atoms with Gasteiger partial charge in [0, 0.05) is 43.5 Å². The number of carbonyl (C=O) groups is 2. The highest BCUT2D eigenvalue weighted by Crippen LogP contribution is 2.24. The zero-order valence-electron chi connectivity index (χ0n) is 14.3. The minimum absolute atomic E-state index is 0.0538. The van der Waals surface area contributed by atoms with E-state index in [0.29, 0.717) is 36.9 Å². The fraction of sp³-hybridized carbons (Fsp3) is 0.556. The second-order valence-electron chi connectivity index (χ2n) is 6.36. The number of hydrogen-bond donors (Lipinski definition) is 2. The summed E-state index contributed by atoms with van der Waals surface area (Å²) in [5.74, 6) is 0.121. The van der Waals surface area contributed by atoms with Gasteiger partial charge in [0.25, 0.3) is 0 Å². The Balaban J connectivity index is 1.71. The summed E-state index contributed by atoms with van der Waals surface area (Å²) in [6, 6.07) is 8.16. The Morgan fingerprint density at radius 3 is 2.71 bits per heavy atom. The molecule has 1 aromatic carbocycles. The Kier molecular flexibility index (Phi) is 7.06. The minimum atomic E-state index is 0.0538. The smallest absolute Gasteiger partial charge is 0.221 e. The molecule has 2 N–H and O–H groups in total. The molecule has 1 heterocycles. The Labute approximate surface area is 148 Å². The molecule has 24 heavy (non-hydrogen) atoms. The normalized spacial score (nSPS) is 20.8. The number of halogens is 1. The molecule has 0 spiro atoms. The largest absolute Gasteiger partial charge is 0.359 e. The van der Waals surface area contributed by atoms with Gasteiger partial charge in [-0.15, -0.1) is 0 Å². The monoisotopic (exact) mass is 351 g/mol. The van der Waals surface area contributed by atoms with Crippen LogP contribution in [0.15, 0.2) is 24.3 Å². The predicted molar refractivity (Wildman–Crippen MR) is 96.0 cm³/mol. The lowest BCUT2D eigenvalue weighted by atomic mass is 10.1. The van der Waals surface area contributed by atoms with E-state index in [9.17, 15) is 9.59 Å². The first-order chi connectivity index (χ1) is 11.5. The Hall–Kier alpha value is -1.59. The van der Waals surface area contributed by atoms with Gasteiger partial charge in [0.1, 0.15) is 0 Å². The molecule has 0 bridgehead atoms. The highest BCUT2D eigenvalue weighted by molar-refractivity contribution is 6.30. The van der Waals surface area contributed by atoms with Crippen molar-refractivity contribution in [1.82, 2.24) is 15.5 Å². The van der Waals surface area contributed by atoms with Crippen LogP contribution in [-0.2, 0) is 16.0 Å². The minimum Gasteiger partial charge on any atom is -0.359 e. The van der Waals surface area contributed by atoms with Gasteiger partial charge in [-0.2, -0.15) is 0 Å². The molecule has 6 heteroatoms. The molecule has 5 nitrogen and oxygen atoms in total. The van der Waals surface area contributed by atoms with Crippen LogP contribution in [0.1, 0.15) is 31.2 Å². The molecule has 132 valence electrons. The first-order valence-electron chi connectivity index (χ1n) is 8.43. The van der Waals surface area contributed by atoms with Crippen molar-refractivity contribution in [3.63, 3.8) is 0 Å². The first kappa shape index (κ1) is 18.7. The van der Waals surface area contributed by atoms with E-state index in [1.165, 1.54) is 0 Å². The topological polar surface area (TPSA) is 61.4 Å². The molecule has 2 amide bonds. The average molecular weight is 352 g/mol. The van der Waals surface area contributed by atoms with Crippen LogP contribution >= 0.6 is 11.6 Å². The molecule has 1 fully saturated rings. The van der Waals surface area contributed by atoms with Gasteiger partial charge in [-0.25, -0.2) is 0 Å². The van der Waals surface area contributed by atoms with E-state index in [-0.39, 0.29) is 17.9 Å². The van der Waals surface area contributed by atoms with Crippen LogP contribution in [-0.4, -0.2) is 49.4 Å². The SMILES string of the molecule is CNC(=O)C[C@H]1CC[C@@H](CNC(=O)CCc2cccc(Cl)c2)N1C. The van der Waals surface area contributed by atoms with Crippen molar-refractivity contribution >= 4 is 23.4 Å². The van der Waals surface area contributed by atoms with Crippen molar-refractivity contribution in [2.24, 2.45) is 0 Å². The van der Waals surface area contributed by atoms with Crippen LogP contribution in [0.2, 0.25) is 5.02 Å². The van der Waals surface area contributed by atoms with Crippen molar-refractivity contribution in [3.05, 3.63) is 34.9 Å². The number of amides is 2. The van der Waals surface area contributed by atoms with Gasteiger partial charge >= 0.3 is 0 Å². The molecule has 0 radical (unpaired) electrons. The van der Waals surface area contributed by atoms with E-state index < -0.39 is 0 Å². The highest BCUT2D eigenvalue weighted by atomic mass is 35.5. The molecule has 1 aliphatic rings. The Bertz CT molecular complexity index is 579. The second kappa shape index (κ2) is 9.04. The molecule has 2 rings (SSSR count). The van der Waals surface area contributed by atoms with Crippen LogP contribution in [0, 0.1) is 0 Å². The summed E-state index contributed by atoms with van der Waals surface area (Å²) in [5, 5.41) is 6.38. The van der Waals surface area contributed by atoms with Crippen molar-refractivity contribution in [2.45, 2.75) is 44.2 Å². The van der Waals surface area contributed by atoms with Crippen LogP contribution in [0.25, 0.3) is 0 Å². The van der Waals surface area contributed by atoms with E-state index in [1.54, 1.807) is 7.05 Å². The number of rotatable bonds is 7. The molecule has 1 saturated heterocycles. The standard InChI is InChI=1S/C18H26ClN3O2/c1-20-18(24)11-15-7-8-16(22(15)2)12-21-17(23)9-6-13-4-3-5-14(19)10-13/h3-5,10,15-16H,6-9,11-12H2,1-2H3,(H,20,24)(H,21,23)/t15-,16+/m1/s1. The number of nitrogens with zero attached hydrogens (tertiary/aromatic N) is 1. The molecule has 1 aliphatic heterocycles. The summed E-state index contributed by atoms with van der Waals surface area (Å²) in [6.07, 6.45) is 3.66. The molecule has 0 aliphatic carbocycles. The molecule has 0 unspecified atom stereocenters. The van der Waals surface area contributed by atoms with Gasteiger partial charge in [0.15, 0.2) is 0 Å². The zero-order valence-corrected chi connectivity index (χ0v) is 15.1. The van der Waals surface area contributed by atoms with Gasteiger partial charge in [0.05, 0.1) is 0 Å². The maximum atomic E-state index is 12.0. The number of nitrogens with one attached hydrogen (secondary N) is 2. The van der Waals surface area contributed by atoms with E-state index >= 15 is 0 Å². The molecular formula is C18H26ClN3O2. The summed E-state index contributed by atoms with van der Waals surface area (Å²) in [5.41, 5.74) is 1.07. The summed E-state index contributed by atoms with van der Waals surface area (Å²) in [6.45, 7) is 0.634. The van der Waals surface area contributed by atoms with E-state index in [4.69, 9.17) is 11.6 Å². The van der Waals surface area contributed by atoms with E-state index in [0.717, 1.165) is 18.4 Å². The predicted octanol–water partition coefficient (Wildman–Crippen LogP) is 1.99. The second-order valence-corrected chi connectivity index (χ2v) is 6.80. The van der Waals surface area contributed by atoms with Gasteiger partial charge in [0.2, 0.25) is 11.8 Å². The molecule has 0 saturated carbocycles. The van der Waals surface area contributed by atoms with Crippen LogP contribution in [0.5, 0.6) is 0 Å². The van der Waals surface area contributed by atoms with Crippen molar-refractivity contribution < 1.29 is 9.59 Å². The zero-order chi connectivity index (χ0) is 17.5. The lowest BCUT2D eigenvalue weighted by Gasteiger charge is -2.25. The van der Waals surface area contributed by atoms with Gasteiger partial charge in [-0.3, -0.25) is 14.5 Å². The van der Waals surface area contributed by atoms with Gasteiger partial charge < -0.3 is 10.6 Å². The highest BCUT2D eigenvalue weighted by Gasteiger charge is 2.31. The third-order valence-corrected chi connectivity index (χ3v) is 4.98. The number of carbonyl (C=O) groups excluding carboxylic acids is 2. The van der Waals surface area contributed by atoms with E-state index in [2.05, 4.69) is 15.5 Å². The molecule has 1 aromatic rings. The fourth-order valence-corrected chi connectivity index (χ4v) is 3.38. The lowest BCUT2D eigenvalue weighted by Crippen LogP contribution is -2.42. The Morgan fingerprint density at radius 2 is 2.00 bits per heavy atom. The number of benzene rings is 1. The third kappa shape index (κ3) is 5.49. The number of aryl methyl sites for hydroxylation is 1. The summed E-state index contributed by atoms with van der Waals surface area (Å²) in [7, 11) is 3.69. The van der Waals surface area contributed by atoms with Crippen molar-refractivity contribution in [1.29, 1.82) is 0 Å². The summed E-state index contributed by atoms with van der Waals surface area (Å²) >= 11 is 5.95. The number of hydrogen-bond acceptors (Lipinski definition) is 3. The maximum absolute atomic E-state index is 12.0. The molecule has 0 aromatic heterocycles. The average Bonchev–Trinajstić information content (AvgIpc) is 2.91. The first-order valence-corrected chi connectivity index (χ1v) is 8.81. The fourth-order valence-electron chi connectivity index (χ4n) is 3.17. The summed E-state index contributed by atoms with van der Waals surface area (Å²) in [4.78, 5) is 25.8. The van der Waals surface area contributed by atoms with Crippen molar-refractivity contribution in [3.8, 4) is 0 Å². The third-order valence-electron chi connectivity index (χ3n) is 4.75. The van der Waals surface area contributed by atoms with Gasteiger partial charge in [-0.1, -0.05) is 23.7 Å². The number of likely N-dealkylation sites (N-methyl/N-ethyl adjacent to an activating group) is 1. The number of likely N-dealkylation sites (tertiary alicyclic amines) is 1. The molecule has 2 atom stereocenters. The Morgan fingerprint density at radius 1 is 1.25 bits per heavy atom. The maximum Gasteiger partial charge on any atom is 0.221 e. The van der Waals surface area contributed by atoms with E-state index in [1.807, 2.05) is 31.3 Å². The summed E-state index contributed by atoms with van der Waals surface area (Å²) < 4.78 is 0. The lowest BCUT2D eigenvalue weighted by molar-refractivity contribution is -0.122. The van der Waals surface area contributed by atoms with Gasteiger partial charge in [-0.05, 0) is 44.0 Å². The van der Waals surface area contributed by atoms with Crippen LogP contribution < -0.4 is 10.6 Å². The quantitative estimate of drug-likeness (QED) is 0.789. The van der Waals surface area contributed by atoms with Crippen molar-refractivity contribution in [2.75, 3.05) is 20.6 Å². The van der Waals surface area contributed by atoms with Crippen LogP contribution in [0.3, 0.4) is 0 Å². The van der Waals surface area contributed by atoms with Crippen LogP contribution in [0.4, 0.5) is 0 Å². The molecular weight excluding hydrogens is 326 g/mol.